The second-order valence-electron chi connectivity index (χ2n) is 8.36. The van der Waals surface area contributed by atoms with Crippen molar-refractivity contribution in [3.05, 3.63) is 65.2 Å². The summed E-state index contributed by atoms with van der Waals surface area (Å²) < 4.78 is 0. The number of hydrogen-bond donors (Lipinski definition) is 3. The Hall–Kier alpha value is -2.37. The molecule has 3 N–H and O–H groups in total. The molecule has 154 valence electrons. The van der Waals surface area contributed by atoms with Gasteiger partial charge in [-0.15, -0.1) is 0 Å². The highest BCUT2D eigenvalue weighted by molar-refractivity contribution is 5.94. The highest BCUT2D eigenvalue weighted by atomic mass is 16.3. The van der Waals surface area contributed by atoms with Crippen molar-refractivity contribution in [1.29, 1.82) is 0 Å². The van der Waals surface area contributed by atoms with E-state index in [0.29, 0.717) is 11.7 Å². The van der Waals surface area contributed by atoms with Crippen LogP contribution in [0.25, 0.3) is 0 Å². The van der Waals surface area contributed by atoms with Gasteiger partial charge < -0.3 is 15.7 Å². The number of carbonyl (C=O) groups excluding carboxylic acids is 1. The molecule has 2 heterocycles. The van der Waals surface area contributed by atoms with E-state index in [1.807, 2.05) is 30.3 Å². The Morgan fingerprint density at radius 1 is 1.10 bits per heavy atom. The molecule has 0 aliphatic carbocycles. The average molecular weight is 394 g/mol. The average Bonchev–Trinajstić information content (AvgIpc) is 2.76. The maximum Gasteiger partial charge on any atom is 0.251 e. The number of phenolic OH excluding ortho intramolecular Hbond substituents is 1. The first-order valence-corrected chi connectivity index (χ1v) is 10.8. The second-order valence-corrected chi connectivity index (χ2v) is 8.36. The largest absolute Gasteiger partial charge is 0.508 e. The van der Waals surface area contributed by atoms with Gasteiger partial charge in [0.25, 0.3) is 5.91 Å². The zero-order valence-corrected chi connectivity index (χ0v) is 16.9. The quantitative estimate of drug-likeness (QED) is 0.730. The molecule has 2 aliphatic heterocycles. The third-order valence-electron chi connectivity index (χ3n) is 6.18. The van der Waals surface area contributed by atoms with Crippen LogP contribution in [0.15, 0.2) is 48.5 Å². The normalized spacial score (nSPS) is 21.0. The molecule has 2 fully saturated rings. The molecule has 1 atom stereocenters. The van der Waals surface area contributed by atoms with Crippen LogP contribution in [0.1, 0.15) is 53.1 Å². The predicted molar refractivity (Wildman–Crippen MR) is 115 cm³/mol. The lowest BCUT2D eigenvalue weighted by atomic mass is 9.91. The zero-order chi connectivity index (χ0) is 20.1. The highest BCUT2D eigenvalue weighted by Gasteiger charge is 2.22. The Balaban J connectivity index is 1.25. The fourth-order valence-corrected chi connectivity index (χ4v) is 4.46. The number of nitrogens with zero attached hydrogens (tertiary/aromatic N) is 1. The van der Waals surface area contributed by atoms with E-state index in [2.05, 4.69) is 27.7 Å². The first-order valence-electron chi connectivity index (χ1n) is 10.8. The molecule has 5 nitrogen and oxygen atoms in total. The number of phenols is 1. The van der Waals surface area contributed by atoms with E-state index in [9.17, 15) is 9.90 Å². The Bertz CT molecular complexity index is 807. The minimum Gasteiger partial charge on any atom is -0.508 e. The van der Waals surface area contributed by atoms with Crippen molar-refractivity contribution in [2.45, 2.75) is 44.2 Å². The SMILES string of the molecule is O=C(NC1CCN(Cc2cccc(O)c2)CC1)c1ccc([C@@H]2CCCNC2)cc1. The Labute approximate surface area is 173 Å². The van der Waals surface area contributed by atoms with Crippen molar-refractivity contribution in [2.75, 3.05) is 26.2 Å². The van der Waals surface area contributed by atoms with Gasteiger partial charge in [-0.1, -0.05) is 24.3 Å². The number of rotatable bonds is 5. The van der Waals surface area contributed by atoms with Crippen molar-refractivity contribution in [2.24, 2.45) is 0 Å². The van der Waals surface area contributed by atoms with Gasteiger partial charge in [-0.25, -0.2) is 0 Å². The summed E-state index contributed by atoms with van der Waals surface area (Å²) in [6.07, 6.45) is 4.35. The van der Waals surface area contributed by atoms with E-state index in [1.165, 1.54) is 18.4 Å². The number of likely N-dealkylation sites (tertiary alicyclic amines) is 1. The summed E-state index contributed by atoms with van der Waals surface area (Å²) in [7, 11) is 0. The molecular weight excluding hydrogens is 362 g/mol. The number of piperidine rings is 2. The van der Waals surface area contributed by atoms with Crippen molar-refractivity contribution in [3.8, 4) is 5.75 Å². The van der Waals surface area contributed by atoms with Gasteiger partial charge in [-0.2, -0.15) is 0 Å². The molecule has 0 aromatic heterocycles. The second kappa shape index (κ2) is 9.42. The number of aromatic hydroxyl groups is 1. The van der Waals surface area contributed by atoms with Crippen LogP contribution in [0.5, 0.6) is 5.75 Å². The van der Waals surface area contributed by atoms with Crippen molar-refractivity contribution in [3.63, 3.8) is 0 Å². The number of amides is 1. The van der Waals surface area contributed by atoms with Gasteiger partial charge in [-0.05, 0) is 73.5 Å². The summed E-state index contributed by atoms with van der Waals surface area (Å²) in [6, 6.07) is 15.8. The standard InChI is InChI=1S/C24H31N3O2/c28-23-5-1-3-18(15-23)17-27-13-10-22(11-14-27)26-24(29)20-8-6-19(7-9-20)21-4-2-12-25-16-21/h1,3,5-9,15,21-22,25,28H,2,4,10-14,16-17H2,(H,26,29)/t21-/m1/s1. The van der Waals surface area contributed by atoms with Crippen LogP contribution < -0.4 is 10.6 Å². The molecule has 0 radical (unpaired) electrons. The summed E-state index contributed by atoms with van der Waals surface area (Å²) in [5.74, 6) is 0.914. The van der Waals surface area contributed by atoms with Crippen LogP contribution in [-0.2, 0) is 6.54 Å². The smallest absolute Gasteiger partial charge is 0.251 e. The minimum absolute atomic E-state index is 0.0322. The van der Waals surface area contributed by atoms with E-state index in [1.54, 1.807) is 6.07 Å². The summed E-state index contributed by atoms with van der Waals surface area (Å²) in [4.78, 5) is 15.0. The van der Waals surface area contributed by atoms with E-state index in [-0.39, 0.29) is 11.9 Å². The van der Waals surface area contributed by atoms with Crippen LogP contribution in [0.4, 0.5) is 0 Å². The molecule has 0 saturated carbocycles. The molecule has 0 unspecified atom stereocenters. The van der Waals surface area contributed by atoms with E-state index < -0.39 is 0 Å². The number of benzene rings is 2. The molecule has 2 aliphatic rings. The molecule has 0 spiro atoms. The third kappa shape index (κ3) is 5.37. The molecule has 0 bridgehead atoms. The summed E-state index contributed by atoms with van der Waals surface area (Å²) in [6.45, 7) is 4.89. The minimum atomic E-state index is 0.0322. The Morgan fingerprint density at radius 2 is 1.90 bits per heavy atom. The molecule has 2 saturated heterocycles. The molecular formula is C24H31N3O2. The van der Waals surface area contributed by atoms with Gasteiger partial charge in [-0.3, -0.25) is 9.69 Å². The monoisotopic (exact) mass is 393 g/mol. The molecule has 1 amide bonds. The van der Waals surface area contributed by atoms with Gasteiger partial charge in [0.15, 0.2) is 0 Å². The lowest BCUT2D eigenvalue weighted by Crippen LogP contribution is -2.44. The molecule has 2 aromatic rings. The first kappa shape index (κ1) is 19.9. The van der Waals surface area contributed by atoms with Crippen LogP contribution in [-0.4, -0.2) is 48.1 Å². The van der Waals surface area contributed by atoms with E-state index >= 15 is 0 Å². The molecule has 2 aromatic carbocycles. The van der Waals surface area contributed by atoms with Crippen LogP contribution in [0.2, 0.25) is 0 Å². The number of carbonyl (C=O) groups is 1. The Morgan fingerprint density at radius 3 is 2.59 bits per heavy atom. The van der Waals surface area contributed by atoms with Gasteiger partial charge in [0, 0.05) is 37.8 Å². The third-order valence-corrected chi connectivity index (χ3v) is 6.18. The zero-order valence-electron chi connectivity index (χ0n) is 16.9. The van der Waals surface area contributed by atoms with E-state index in [0.717, 1.165) is 56.7 Å². The van der Waals surface area contributed by atoms with Gasteiger partial charge in [0.05, 0.1) is 0 Å². The first-order chi connectivity index (χ1) is 14.2. The number of hydrogen-bond acceptors (Lipinski definition) is 4. The van der Waals surface area contributed by atoms with Crippen molar-refractivity contribution in [1.82, 2.24) is 15.5 Å². The van der Waals surface area contributed by atoms with Crippen LogP contribution >= 0.6 is 0 Å². The fraction of sp³-hybridized carbons (Fsp3) is 0.458. The molecule has 5 heteroatoms. The van der Waals surface area contributed by atoms with Gasteiger partial charge in [0.2, 0.25) is 0 Å². The molecule has 29 heavy (non-hydrogen) atoms. The fourth-order valence-electron chi connectivity index (χ4n) is 4.46. The lowest BCUT2D eigenvalue weighted by molar-refractivity contribution is 0.0909. The maximum atomic E-state index is 12.6. The summed E-state index contributed by atoms with van der Waals surface area (Å²) >= 11 is 0. The van der Waals surface area contributed by atoms with Gasteiger partial charge in [0.1, 0.15) is 5.75 Å². The summed E-state index contributed by atoms with van der Waals surface area (Å²) in [5, 5.41) is 16.3. The highest BCUT2D eigenvalue weighted by Crippen LogP contribution is 2.23. The topological polar surface area (TPSA) is 64.6 Å². The summed E-state index contributed by atoms with van der Waals surface area (Å²) in [5.41, 5.74) is 3.20. The van der Waals surface area contributed by atoms with Gasteiger partial charge >= 0.3 is 0 Å². The van der Waals surface area contributed by atoms with Crippen molar-refractivity contribution >= 4 is 5.91 Å². The predicted octanol–water partition coefficient (Wildman–Crippen LogP) is 3.25. The maximum absolute atomic E-state index is 12.6. The van der Waals surface area contributed by atoms with E-state index in [4.69, 9.17) is 0 Å². The lowest BCUT2D eigenvalue weighted by Gasteiger charge is -2.32. The van der Waals surface area contributed by atoms with Crippen LogP contribution in [0.3, 0.4) is 0 Å². The Kier molecular flexibility index (Phi) is 6.47. The molecule has 4 rings (SSSR count). The number of nitrogens with one attached hydrogen (secondary N) is 2. The van der Waals surface area contributed by atoms with Crippen LogP contribution in [0, 0.1) is 0 Å². The van der Waals surface area contributed by atoms with Crippen molar-refractivity contribution < 1.29 is 9.90 Å².